The van der Waals surface area contributed by atoms with Gasteiger partial charge < -0.3 is 4.57 Å². The minimum atomic E-state index is -0.196. The molecule has 3 heteroatoms. The molecule has 2 aromatic carbocycles. The maximum absolute atomic E-state index is 12.9. The van der Waals surface area contributed by atoms with Crippen LogP contribution < -0.4 is 0 Å². The van der Waals surface area contributed by atoms with Gasteiger partial charge in [0, 0.05) is 22.7 Å². The van der Waals surface area contributed by atoms with Gasteiger partial charge in [-0.25, -0.2) is 4.39 Å². The summed E-state index contributed by atoms with van der Waals surface area (Å²) in [6, 6.07) is 14.9. The summed E-state index contributed by atoms with van der Waals surface area (Å²) >= 11 is 3.48. The largest absolute Gasteiger partial charge is 0.343 e. The Morgan fingerprint density at radius 2 is 1.78 bits per heavy atom. The van der Waals surface area contributed by atoms with E-state index in [2.05, 4.69) is 44.9 Å². The molecule has 0 saturated carbocycles. The summed E-state index contributed by atoms with van der Waals surface area (Å²) in [6.45, 7) is 0.750. The summed E-state index contributed by atoms with van der Waals surface area (Å²) in [5.74, 6) is -0.196. The quantitative estimate of drug-likeness (QED) is 0.652. The SMILES string of the molecule is Fc1ccc(Cn2ccc3ccc(Br)cc32)cc1. The topological polar surface area (TPSA) is 4.93 Å². The van der Waals surface area contributed by atoms with Crippen LogP contribution in [0.5, 0.6) is 0 Å². The molecule has 90 valence electrons. The van der Waals surface area contributed by atoms with Crippen molar-refractivity contribution in [3.63, 3.8) is 0 Å². The molecule has 18 heavy (non-hydrogen) atoms. The average Bonchev–Trinajstić information content (AvgIpc) is 2.75. The molecule has 3 rings (SSSR count). The van der Waals surface area contributed by atoms with Crippen LogP contribution in [-0.2, 0) is 6.54 Å². The van der Waals surface area contributed by atoms with E-state index in [1.54, 1.807) is 0 Å². The first-order chi connectivity index (χ1) is 8.72. The molecule has 0 N–H and O–H groups in total. The number of nitrogens with zero attached hydrogens (tertiary/aromatic N) is 1. The lowest BCUT2D eigenvalue weighted by molar-refractivity contribution is 0.626. The summed E-state index contributed by atoms with van der Waals surface area (Å²) in [5, 5.41) is 1.21. The molecule has 0 aliphatic carbocycles. The fourth-order valence-electron chi connectivity index (χ4n) is 2.08. The van der Waals surface area contributed by atoms with Crippen molar-refractivity contribution in [3.05, 3.63) is 70.6 Å². The van der Waals surface area contributed by atoms with Crippen molar-refractivity contribution in [2.75, 3.05) is 0 Å². The molecule has 1 nitrogen and oxygen atoms in total. The van der Waals surface area contributed by atoms with Gasteiger partial charge in [-0.2, -0.15) is 0 Å². The molecule has 0 spiro atoms. The number of hydrogen-bond acceptors (Lipinski definition) is 0. The molecule has 0 radical (unpaired) electrons. The lowest BCUT2D eigenvalue weighted by Crippen LogP contribution is -1.97. The smallest absolute Gasteiger partial charge is 0.123 e. The van der Waals surface area contributed by atoms with Gasteiger partial charge in [-0.05, 0) is 41.3 Å². The predicted octanol–water partition coefficient (Wildman–Crippen LogP) is 4.59. The van der Waals surface area contributed by atoms with Crippen LogP contribution in [0.25, 0.3) is 10.9 Å². The molecule has 1 aromatic heterocycles. The Balaban J connectivity index is 1.99. The van der Waals surface area contributed by atoms with E-state index in [9.17, 15) is 4.39 Å². The summed E-state index contributed by atoms with van der Waals surface area (Å²) in [6.07, 6.45) is 2.06. The maximum Gasteiger partial charge on any atom is 0.123 e. The number of fused-ring (bicyclic) bond motifs is 1. The minimum Gasteiger partial charge on any atom is -0.343 e. The second-order valence-electron chi connectivity index (χ2n) is 4.27. The Labute approximate surface area is 113 Å². The average molecular weight is 304 g/mol. The Hall–Kier alpha value is -1.61. The van der Waals surface area contributed by atoms with E-state index in [-0.39, 0.29) is 5.82 Å². The second kappa shape index (κ2) is 4.58. The standard InChI is InChI=1S/C15H11BrFN/c16-13-4-3-12-7-8-18(15(12)9-13)10-11-1-5-14(17)6-2-11/h1-9H,10H2. The van der Waals surface area contributed by atoms with E-state index in [1.165, 1.54) is 23.0 Å². The zero-order valence-electron chi connectivity index (χ0n) is 9.61. The third-order valence-corrected chi connectivity index (χ3v) is 3.50. The van der Waals surface area contributed by atoms with Crippen LogP contribution in [0.15, 0.2) is 59.2 Å². The monoisotopic (exact) mass is 303 g/mol. The molecule has 0 amide bonds. The zero-order chi connectivity index (χ0) is 12.5. The molecule has 0 fully saturated rings. The molecule has 0 unspecified atom stereocenters. The number of hydrogen-bond donors (Lipinski definition) is 0. The van der Waals surface area contributed by atoms with Crippen LogP contribution in [-0.4, -0.2) is 4.57 Å². The summed E-state index contributed by atoms with van der Waals surface area (Å²) in [5.41, 5.74) is 2.27. The van der Waals surface area contributed by atoms with Gasteiger partial charge in [0.25, 0.3) is 0 Å². The molecule has 0 saturated heterocycles. The molecule has 0 bridgehead atoms. The number of halogens is 2. The first-order valence-electron chi connectivity index (χ1n) is 5.71. The Bertz CT molecular complexity index is 685. The predicted molar refractivity (Wildman–Crippen MR) is 75.1 cm³/mol. The molecule has 0 atom stereocenters. The van der Waals surface area contributed by atoms with Crippen molar-refractivity contribution in [2.24, 2.45) is 0 Å². The van der Waals surface area contributed by atoms with E-state index >= 15 is 0 Å². The van der Waals surface area contributed by atoms with Crippen molar-refractivity contribution in [3.8, 4) is 0 Å². The normalized spacial score (nSPS) is 11.0. The number of benzene rings is 2. The van der Waals surface area contributed by atoms with E-state index in [0.29, 0.717) is 0 Å². The van der Waals surface area contributed by atoms with Crippen LogP contribution in [0.2, 0.25) is 0 Å². The van der Waals surface area contributed by atoms with Crippen molar-refractivity contribution >= 4 is 26.8 Å². The van der Waals surface area contributed by atoms with Gasteiger partial charge in [-0.15, -0.1) is 0 Å². The molecular weight excluding hydrogens is 293 g/mol. The molecule has 3 aromatic rings. The number of rotatable bonds is 2. The molecule has 0 aliphatic rings. The zero-order valence-corrected chi connectivity index (χ0v) is 11.2. The van der Waals surface area contributed by atoms with E-state index in [1.807, 2.05) is 18.2 Å². The van der Waals surface area contributed by atoms with Crippen LogP contribution in [0.4, 0.5) is 4.39 Å². The first-order valence-corrected chi connectivity index (χ1v) is 6.50. The minimum absolute atomic E-state index is 0.196. The fourth-order valence-corrected chi connectivity index (χ4v) is 2.43. The third-order valence-electron chi connectivity index (χ3n) is 3.00. The Kier molecular flexibility index (Phi) is 2.92. The van der Waals surface area contributed by atoms with Crippen molar-refractivity contribution in [1.82, 2.24) is 4.57 Å². The van der Waals surface area contributed by atoms with E-state index in [4.69, 9.17) is 0 Å². The van der Waals surface area contributed by atoms with Gasteiger partial charge in [0.2, 0.25) is 0 Å². The summed E-state index contributed by atoms with van der Waals surface area (Å²) in [4.78, 5) is 0. The summed E-state index contributed by atoms with van der Waals surface area (Å²) < 4.78 is 16.1. The number of aromatic nitrogens is 1. The van der Waals surface area contributed by atoms with Gasteiger partial charge in [0.05, 0.1) is 0 Å². The molecule has 0 aliphatic heterocycles. The highest BCUT2D eigenvalue weighted by molar-refractivity contribution is 9.10. The van der Waals surface area contributed by atoms with Gasteiger partial charge in [-0.3, -0.25) is 0 Å². The van der Waals surface area contributed by atoms with Crippen molar-refractivity contribution in [2.45, 2.75) is 6.54 Å². The highest BCUT2D eigenvalue weighted by Crippen LogP contribution is 2.21. The second-order valence-corrected chi connectivity index (χ2v) is 5.19. The lowest BCUT2D eigenvalue weighted by Gasteiger charge is -2.06. The van der Waals surface area contributed by atoms with Crippen LogP contribution in [0.3, 0.4) is 0 Å². The maximum atomic E-state index is 12.9. The molecular formula is C15H11BrFN. The van der Waals surface area contributed by atoms with Gasteiger partial charge in [0.15, 0.2) is 0 Å². The van der Waals surface area contributed by atoms with Gasteiger partial charge >= 0.3 is 0 Å². The van der Waals surface area contributed by atoms with Crippen LogP contribution in [0, 0.1) is 5.82 Å². The molecule has 1 heterocycles. The summed E-state index contributed by atoms with van der Waals surface area (Å²) in [7, 11) is 0. The van der Waals surface area contributed by atoms with Crippen molar-refractivity contribution in [1.29, 1.82) is 0 Å². The fraction of sp³-hybridized carbons (Fsp3) is 0.0667. The first kappa shape index (κ1) is 11.5. The third kappa shape index (κ3) is 2.18. The van der Waals surface area contributed by atoms with Crippen LogP contribution in [0.1, 0.15) is 5.56 Å². The van der Waals surface area contributed by atoms with E-state index < -0.39 is 0 Å². The van der Waals surface area contributed by atoms with Crippen LogP contribution >= 0.6 is 15.9 Å². The Morgan fingerprint density at radius 3 is 2.56 bits per heavy atom. The van der Waals surface area contributed by atoms with Crippen molar-refractivity contribution < 1.29 is 4.39 Å². The van der Waals surface area contributed by atoms with E-state index in [0.717, 1.165) is 16.6 Å². The van der Waals surface area contributed by atoms with Gasteiger partial charge in [0.1, 0.15) is 5.82 Å². The van der Waals surface area contributed by atoms with Gasteiger partial charge in [-0.1, -0.05) is 34.1 Å². The Morgan fingerprint density at radius 1 is 1.00 bits per heavy atom. The highest BCUT2D eigenvalue weighted by Gasteiger charge is 2.02. The lowest BCUT2D eigenvalue weighted by atomic mass is 10.2. The highest BCUT2D eigenvalue weighted by atomic mass is 79.9.